The summed E-state index contributed by atoms with van der Waals surface area (Å²) < 4.78 is 2.33. The Morgan fingerprint density at radius 2 is 2.04 bits per heavy atom. The van der Waals surface area contributed by atoms with E-state index in [4.69, 9.17) is 0 Å². The Kier molecular flexibility index (Phi) is 7.10. The Morgan fingerprint density at radius 1 is 1.21 bits per heavy atom. The Hall–Kier alpha value is -2.33. The standard InChI is InChI=1S/C24H32N2O2/c1-3-14-26-17-8-13-23(26)22(21-11-5-4-9-19(21)2)12-7-16-25-15-6-10-20(18-25)24(27)28/h4-5,8-9,11-13,17,20H,3,6-7,10,14-16,18H2,1-2H3,(H,27,28)/b22-12-. The minimum atomic E-state index is -0.654. The summed E-state index contributed by atoms with van der Waals surface area (Å²) in [4.78, 5) is 13.6. The molecular formula is C24H32N2O2. The number of piperidine rings is 1. The fraction of sp³-hybridized carbons (Fsp3) is 0.458. The van der Waals surface area contributed by atoms with Gasteiger partial charge in [-0.05, 0) is 62.4 Å². The van der Waals surface area contributed by atoms with Crippen LogP contribution in [0.1, 0.15) is 49.4 Å². The summed E-state index contributed by atoms with van der Waals surface area (Å²) in [6.45, 7) is 7.97. The molecule has 150 valence electrons. The molecule has 0 bridgehead atoms. The van der Waals surface area contributed by atoms with Crippen LogP contribution in [0.25, 0.3) is 5.57 Å². The molecule has 0 saturated carbocycles. The van der Waals surface area contributed by atoms with Crippen LogP contribution in [0.3, 0.4) is 0 Å². The highest BCUT2D eigenvalue weighted by Crippen LogP contribution is 2.28. The molecule has 1 aliphatic rings. The lowest BCUT2D eigenvalue weighted by Crippen LogP contribution is -2.39. The second kappa shape index (κ2) is 9.74. The molecule has 1 aliphatic heterocycles. The second-order valence-electron chi connectivity index (χ2n) is 7.79. The van der Waals surface area contributed by atoms with Gasteiger partial charge in [0.15, 0.2) is 0 Å². The van der Waals surface area contributed by atoms with E-state index in [0.29, 0.717) is 6.54 Å². The highest BCUT2D eigenvalue weighted by Gasteiger charge is 2.24. The van der Waals surface area contributed by atoms with Crippen LogP contribution in [0.5, 0.6) is 0 Å². The van der Waals surface area contributed by atoms with Crippen molar-refractivity contribution in [1.82, 2.24) is 9.47 Å². The van der Waals surface area contributed by atoms with E-state index >= 15 is 0 Å². The highest BCUT2D eigenvalue weighted by molar-refractivity contribution is 5.80. The van der Waals surface area contributed by atoms with Gasteiger partial charge in [-0.3, -0.25) is 4.79 Å². The van der Waals surface area contributed by atoms with Gasteiger partial charge in [0.25, 0.3) is 0 Å². The maximum atomic E-state index is 11.3. The minimum Gasteiger partial charge on any atom is -0.481 e. The quantitative estimate of drug-likeness (QED) is 0.714. The van der Waals surface area contributed by atoms with Crippen molar-refractivity contribution in [3.8, 4) is 0 Å². The average molecular weight is 381 g/mol. The predicted molar refractivity (Wildman–Crippen MR) is 114 cm³/mol. The molecule has 2 aromatic rings. The lowest BCUT2D eigenvalue weighted by molar-refractivity contribution is -0.143. The van der Waals surface area contributed by atoms with Gasteiger partial charge in [0, 0.05) is 37.1 Å². The molecule has 1 aromatic carbocycles. The number of likely N-dealkylation sites (tertiary alicyclic amines) is 1. The maximum Gasteiger partial charge on any atom is 0.307 e. The van der Waals surface area contributed by atoms with Gasteiger partial charge in [-0.1, -0.05) is 37.3 Å². The number of carboxylic acids is 1. The van der Waals surface area contributed by atoms with Gasteiger partial charge in [0.1, 0.15) is 0 Å². The molecule has 28 heavy (non-hydrogen) atoms. The Labute approximate surface area is 168 Å². The summed E-state index contributed by atoms with van der Waals surface area (Å²) in [5.41, 5.74) is 5.10. The fourth-order valence-electron chi connectivity index (χ4n) is 4.17. The molecule has 4 nitrogen and oxygen atoms in total. The zero-order chi connectivity index (χ0) is 19.9. The van der Waals surface area contributed by atoms with Crippen molar-refractivity contribution in [2.75, 3.05) is 19.6 Å². The third kappa shape index (κ3) is 4.93. The van der Waals surface area contributed by atoms with Gasteiger partial charge in [-0.25, -0.2) is 0 Å². The van der Waals surface area contributed by atoms with E-state index in [1.54, 1.807) is 0 Å². The van der Waals surface area contributed by atoms with Crippen LogP contribution in [0.15, 0.2) is 48.7 Å². The van der Waals surface area contributed by atoms with Crippen molar-refractivity contribution in [2.45, 2.75) is 46.1 Å². The first-order valence-corrected chi connectivity index (χ1v) is 10.5. The first-order valence-electron chi connectivity index (χ1n) is 10.5. The molecule has 1 aromatic heterocycles. The van der Waals surface area contributed by atoms with Crippen LogP contribution in [-0.2, 0) is 11.3 Å². The van der Waals surface area contributed by atoms with Gasteiger partial charge >= 0.3 is 5.97 Å². The molecule has 1 N–H and O–H groups in total. The second-order valence-corrected chi connectivity index (χ2v) is 7.79. The van der Waals surface area contributed by atoms with E-state index in [1.807, 2.05) is 0 Å². The Morgan fingerprint density at radius 3 is 2.79 bits per heavy atom. The third-order valence-electron chi connectivity index (χ3n) is 5.65. The van der Waals surface area contributed by atoms with Gasteiger partial charge in [-0.15, -0.1) is 0 Å². The number of aryl methyl sites for hydroxylation is 2. The van der Waals surface area contributed by atoms with E-state index in [0.717, 1.165) is 45.3 Å². The summed E-state index contributed by atoms with van der Waals surface area (Å²) in [6.07, 6.45) is 8.31. The van der Waals surface area contributed by atoms with Gasteiger partial charge in [0.05, 0.1) is 5.92 Å². The predicted octanol–water partition coefficient (Wildman–Crippen LogP) is 4.82. The first-order chi connectivity index (χ1) is 13.6. The van der Waals surface area contributed by atoms with Crippen LogP contribution < -0.4 is 0 Å². The van der Waals surface area contributed by atoms with E-state index in [9.17, 15) is 9.90 Å². The summed E-state index contributed by atoms with van der Waals surface area (Å²) in [5.74, 6) is -0.867. The van der Waals surface area contributed by atoms with Gasteiger partial charge in [-0.2, -0.15) is 0 Å². The van der Waals surface area contributed by atoms with Crippen molar-refractivity contribution in [3.63, 3.8) is 0 Å². The van der Waals surface area contributed by atoms with Crippen molar-refractivity contribution in [2.24, 2.45) is 5.92 Å². The van der Waals surface area contributed by atoms with Gasteiger partial charge < -0.3 is 14.6 Å². The Balaban J connectivity index is 1.80. The van der Waals surface area contributed by atoms with Crippen LogP contribution in [-0.4, -0.2) is 40.2 Å². The lowest BCUT2D eigenvalue weighted by atomic mass is 9.96. The molecule has 0 spiro atoms. The molecule has 4 heteroatoms. The number of aromatic nitrogens is 1. The largest absolute Gasteiger partial charge is 0.481 e. The number of carboxylic acid groups (broad SMARTS) is 1. The van der Waals surface area contributed by atoms with Crippen molar-refractivity contribution in [3.05, 3.63) is 65.5 Å². The average Bonchev–Trinajstić information content (AvgIpc) is 3.15. The van der Waals surface area contributed by atoms with Crippen LogP contribution in [0.2, 0.25) is 0 Å². The normalized spacial score (nSPS) is 18.4. The van der Waals surface area contributed by atoms with Crippen molar-refractivity contribution >= 4 is 11.5 Å². The molecule has 2 heterocycles. The van der Waals surface area contributed by atoms with Crippen molar-refractivity contribution < 1.29 is 9.90 Å². The molecule has 1 unspecified atom stereocenters. The molecule has 3 rings (SSSR count). The number of hydrogen-bond acceptors (Lipinski definition) is 2. The number of rotatable bonds is 8. The zero-order valence-corrected chi connectivity index (χ0v) is 17.1. The Bertz CT molecular complexity index is 822. The van der Waals surface area contributed by atoms with Crippen LogP contribution >= 0.6 is 0 Å². The summed E-state index contributed by atoms with van der Waals surface area (Å²) in [5, 5.41) is 9.31. The molecule has 1 saturated heterocycles. The SMILES string of the molecule is CCCn1cccc1/C(=C\CCN1CCCC(C(=O)O)C1)c1ccccc1C. The summed E-state index contributed by atoms with van der Waals surface area (Å²) in [7, 11) is 0. The molecule has 0 radical (unpaired) electrons. The van der Waals surface area contributed by atoms with Crippen LogP contribution in [0.4, 0.5) is 0 Å². The van der Waals surface area contributed by atoms with Gasteiger partial charge in [0.2, 0.25) is 0 Å². The van der Waals surface area contributed by atoms with Crippen LogP contribution in [0, 0.1) is 12.8 Å². The number of aliphatic carboxylic acids is 1. The summed E-state index contributed by atoms with van der Waals surface area (Å²) >= 11 is 0. The number of hydrogen-bond donors (Lipinski definition) is 1. The maximum absolute atomic E-state index is 11.3. The monoisotopic (exact) mass is 380 g/mol. The fourth-order valence-corrected chi connectivity index (χ4v) is 4.17. The number of nitrogens with zero attached hydrogens (tertiary/aromatic N) is 2. The number of benzene rings is 1. The molecule has 1 fully saturated rings. The van der Waals surface area contributed by atoms with E-state index in [-0.39, 0.29) is 5.92 Å². The van der Waals surface area contributed by atoms with E-state index in [1.165, 1.54) is 22.4 Å². The molecule has 0 aliphatic carbocycles. The molecule has 1 atom stereocenters. The molecular weight excluding hydrogens is 348 g/mol. The first kappa shape index (κ1) is 20.4. The highest BCUT2D eigenvalue weighted by atomic mass is 16.4. The number of carbonyl (C=O) groups is 1. The minimum absolute atomic E-state index is 0.213. The summed E-state index contributed by atoms with van der Waals surface area (Å²) in [6, 6.07) is 12.9. The zero-order valence-electron chi connectivity index (χ0n) is 17.1. The van der Waals surface area contributed by atoms with E-state index in [2.05, 4.69) is 72.0 Å². The third-order valence-corrected chi connectivity index (χ3v) is 5.65. The van der Waals surface area contributed by atoms with Crippen molar-refractivity contribution in [1.29, 1.82) is 0 Å². The van der Waals surface area contributed by atoms with E-state index < -0.39 is 5.97 Å². The smallest absolute Gasteiger partial charge is 0.307 e. The topological polar surface area (TPSA) is 45.5 Å². The lowest BCUT2D eigenvalue weighted by Gasteiger charge is -2.30. The molecule has 0 amide bonds.